The highest BCUT2D eigenvalue weighted by molar-refractivity contribution is 6.32. The first-order chi connectivity index (χ1) is 16.8. The van der Waals surface area contributed by atoms with Gasteiger partial charge >= 0.3 is 6.09 Å². The Kier molecular flexibility index (Phi) is 7.98. The van der Waals surface area contributed by atoms with Gasteiger partial charge in [-0.1, -0.05) is 48.0 Å². The zero-order valence-electron chi connectivity index (χ0n) is 20.4. The van der Waals surface area contributed by atoms with Crippen LogP contribution in [0, 0.1) is 0 Å². The molecule has 1 aliphatic rings. The second-order valence-corrected chi connectivity index (χ2v) is 10.0. The molecule has 0 spiro atoms. The Bertz CT molecular complexity index is 1130. The highest BCUT2D eigenvalue weighted by Crippen LogP contribution is 2.27. The van der Waals surface area contributed by atoms with E-state index in [2.05, 4.69) is 21.7 Å². The van der Waals surface area contributed by atoms with Crippen LogP contribution in [0.5, 0.6) is 5.75 Å². The number of halogens is 1. The summed E-state index contributed by atoms with van der Waals surface area (Å²) in [7, 11) is 0. The van der Waals surface area contributed by atoms with E-state index in [1.807, 2.05) is 63.4 Å². The summed E-state index contributed by atoms with van der Waals surface area (Å²) in [4.78, 5) is 18.5. The van der Waals surface area contributed by atoms with Crippen molar-refractivity contribution >= 4 is 17.7 Å². The van der Waals surface area contributed by atoms with Gasteiger partial charge in [0.2, 0.25) is 0 Å². The maximum atomic E-state index is 12.4. The maximum absolute atomic E-state index is 12.4. The normalized spacial score (nSPS) is 16.2. The molecule has 1 fully saturated rings. The molecule has 0 saturated carbocycles. The molecule has 186 valence electrons. The zero-order valence-corrected chi connectivity index (χ0v) is 21.2. The van der Waals surface area contributed by atoms with Crippen LogP contribution >= 0.6 is 11.6 Å². The molecular weight excluding hydrogens is 466 g/mol. The third kappa shape index (κ3) is 7.23. The molecule has 1 saturated heterocycles. The summed E-state index contributed by atoms with van der Waals surface area (Å²) in [6, 6.07) is 16.0. The van der Waals surface area contributed by atoms with Crippen molar-refractivity contribution in [1.29, 1.82) is 0 Å². The SMILES string of the molecule is CC(C)(C)OC(=O)N1CCO[C@H](Cc2ccc(OCc3nccn3Cc3ccccc3)c(Cl)c2)C1. The summed E-state index contributed by atoms with van der Waals surface area (Å²) >= 11 is 6.53. The van der Waals surface area contributed by atoms with Crippen molar-refractivity contribution in [2.45, 2.75) is 52.0 Å². The molecule has 35 heavy (non-hydrogen) atoms. The van der Waals surface area contributed by atoms with Crippen LogP contribution in [0.2, 0.25) is 5.02 Å². The van der Waals surface area contributed by atoms with Crippen LogP contribution in [0.3, 0.4) is 0 Å². The lowest BCUT2D eigenvalue weighted by Gasteiger charge is -2.34. The van der Waals surface area contributed by atoms with Gasteiger partial charge in [-0.25, -0.2) is 9.78 Å². The van der Waals surface area contributed by atoms with Crippen molar-refractivity contribution in [3.63, 3.8) is 0 Å². The molecule has 2 heterocycles. The maximum Gasteiger partial charge on any atom is 0.410 e. The van der Waals surface area contributed by atoms with Crippen molar-refractivity contribution in [2.75, 3.05) is 19.7 Å². The summed E-state index contributed by atoms with van der Waals surface area (Å²) in [5.41, 5.74) is 1.70. The topological polar surface area (TPSA) is 65.8 Å². The van der Waals surface area contributed by atoms with Crippen LogP contribution in [0.1, 0.15) is 37.7 Å². The summed E-state index contributed by atoms with van der Waals surface area (Å²) in [6.07, 6.45) is 3.93. The van der Waals surface area contributed by atoms with E-state index in [0.717, 1.165) is 17.9 Å². The Morgan fingerprint density at radius 3 is 2.71 bits per heavy atom. The van der Waals surface area contributed by atoms with Gasteiger partial charge in [-0.3, -0.25) is 0 Å². The Morgan fingerprint density at radius 1 is 1.17 bits per heavy atom. The van der Waals surface area contributed by atoms with Crippen LogP contribution in [0.4, 0.5) is 4.79 Å². The number of rotatable bonds is 7. The number of hydrogen-bond acceptors (Lipinski definition) is 5. The van der Waals surface area contributed by atoms with Crippen LogP contribution in [-0.2, 0) is 29.0 Å². The molecule has 0 aliphatic carbocycles. The fourth-order valence-electron chi connectivity index (χ4n) is 3.93. The molecule has 4 rings (SSSR count). The van der Waals surface area contributed by atoms with Crippen LogP contribution in [-0.4, -0.2) is 51.9 Å². The van der Waals surface area contributed by atoms with Gasteiger partial charge in [0.15, 0.2) is 0 Å². The first-order valence-electron chi connectivity index (χ1n) is 11.8. The Hall–Kier alpha value is -3.03. The first kappa shape index (κ1) is 25.1. The van der Waals surface area contributed by atoms with Gasteiger partial charge in [0.25, 0.3) is 0 Å². The number of morpholine rings is 1. The number of ether oxygens (including phenoxy) is 3. The number of nitrogens with zero attached hydrogens (tertiary/aromatic N) is 3. The van der Waals surface area contributed by atoms with Crippen molar-refractivity contribution in [2.24, 2.45) is 0 Å². The first-order valence-corrected chi connectivity index (χ1v) is 12.2. The molecule has 3 aromatic rings. The Labute approximate surface area is 211 Å². The van der Waals surface area contributed by atoms with E-state index >= 15 is 0 Å². The van der Waals surface area contributed by atoms with E-state index in [4.69, 9.17) is 25.8 Å². The largest absolute Gasteiger partial charge is 0.484 e. The standard InChI is InChI=1S/C27H32ClN3O4/c1-27(2,3)35-26(32)31-13-14-33-22(18-31)15-21-9-10-24(23(28)16-21)34-19-25-29-11-12-30(25)17-20-7-5-4-6-8-20/h4-12,16,22H,13-15,17-19H2,1-3H3/t22-/m1/s1. The zero-order chi connectivity index (χ0) is 24.8. The number of imidazole rings is 1. The number of aromatic nitrogens is 2. The lowest BCUT2D eigenvalue weighted by atomic mass is 10.1. The molecule has 0 N–H and O–H groups in total. The molecule has 8 heteroatoms. The number of carbonyl (C=O) groups excluding carboxylic acids is 1. The molecule has 0 bridgehead atoms. The van der Waals surface area contributed by atoms with Gasteiger partial charge in [0, 0.05) is 31.9 Å². The van der Waals surface area contributed by atoms with Crippen LogP contribution in [0.25, 0.3) is 0 Å². The second kappa shape index (κ2) is 11.1. The van der Waals surface area contributed by atoms with E-state index < -0.39 is 5.60 Å². The van der Waals surface area contributed by atoms with Crippen molar-refractivity contribution in [1.82, 2.24) is 14.5 Å². The highest BCUT2D eigenvalue weighted by Gasteiger charge is 2.28. The molecule has 7 nitrogen and oxygen atoms in total. The van der Waals surface area contributed by atoms with E-state index in [0.29, 0.717) is 43.5 Å². The van der Waals surface area contributed by atoms with E-state index in [-0.39, 0.29) is 12.2 Å². The van der Waals surface area contributed by atoms with Crippen molar-refractivity contribution < 1.29 is 19.0 Å². The molecule has 2 aromatic carbocycles. The summed E-state index contributed by atoms with van der Waals surface area (Å²) in [5.74, 6) is 1.43. The van der Waals surface area contributed by atoms with E-state index in [9.17, 15) is 4.79 Å². The summed E-state index contributed by atoms with van der Waals surface area (Å²) < 4.78 is 19.4. The van der Waals surface area contributed by atoms with Crippen LogP contribution in [0.15, 0.2) is 60.9 Å². The smallest absolute Gasteiger partial charge is 0.410 e. The van der Waals surface area contributed by atoms with Gasteiger partial charge in [0.05, 0.1) is 24.3 Å². The molecule has 1 atom stereocenters. The van der Waals surface area contributed by atoms with Gasteiger partial charge < -0.3 is 23.7 Å². The van der Waals surface area contributed by atoms with E-state index in [1.165, 1.54) is 5.56 Å². The minimum absolute atomic E-state index is 0.121. The van der Waals surface area contributed by atoms with E-state index in [1.54, 1.807) is 11.1 Å². The number of benzene rings is 2. The minimum atomic E-state index is -0.521. The van der Waals surface area contributed by atoms with Gasteiger partial charge in [-0.2, -0.15) is 0 Å². The van der Waals surface area contributed by atoms with Gasteiger partial charge in [-0.05, 0) is 44.0 Å². The van der Waals surface area contributed by atoms with Crippen molar-refractivity contribution in [3.8, 4) is 5.75 Å². The molecule has 0 unspecified atom stereocenters. The lowest BCUT2D eigenvalue weighted by molar-refractivity contribution is -0.0415. The molecule has 1 aliphatic heterocycles. The Morgan fingerprint density at radius 2 is 1.97 bits per heavy atom. The average Bonchev–Trinajstić information content (AvgIpc) is 3.25. The molecule has 1 amide bonds. The summed E-state index contributed by atoms with van der Waals surface area (Å²) in [6.45, 7) is 8.13. The third-order valence-electron chi connectivity index (χ3n) is 5.60. The molecular formula is C27H32ClN3O4. The lowest BCUT2D eigenvalue weighted by Crippen LogP contribution is -2.48. The predicted molar refractivity (Wildman–Crippen MR) is 135 cm³/mol. The van der Waals surface area contributed by atoms with Gasteiger partial charge in [0.1, 0.15) is 23.8 Å². The molecule has 1 aromatic heterocycles. The fourth-order valence-corrected chi connectivity index (χ4v) is 4.19. The fraction of sp³-hybridized carbons (Fsp3) is 0.407. The highest BCUT2D eigenvalue weighted by atomic mass is 35.5. The second-order valence-electron chi connectivity index (χ2n) is 9.63. The van der Waals surface area contributed by atoms with Gasteiger partial charge in [-0.15, -0.1) is 0 Å². The number of carbonyl (C=O) groups is 1. The third-order valence-corrected chi connectivity index (χ3v) is 5.90. The monoisotopic (exact) mass is 497 g/mol. The average molecular weight is 498 g/mol. The summed E-state index contributed by atoms with van der Waals surface area (Å²) in [5, 5.41) is 0.531. The van der Waals surface area contributed by atoms with Crippen LogP contribution < -0.4 is 4.74 Å². The number of amides is 1. The molecule has 0 radical (unpaired) electrons. The van der Waals surface area contributed by atoms with Crippen molar-refractivity contribution in [3.05, 3.63) is 82.9 Å². The predicted octanol–water partition coefficient (Wildman–Crippen LogP) is 5.34. The quantitative estimate of drug-likeness (QED) is 0.440. The Balaban J connectivity index is 1.32. The minimum Gasteiger partial charge on any atom is -0.484 e. The number of hydrogen-bond donors (Lipinski definition) is 0.